The number of thioether (sulfide) groups is 1. The molecule has 96 valence electrons. The van der Waals surface area contributed by atoms with Crippen LogP contribution in [-0.2, 0) is 11.3 Å². The van der Waals surface area contributed by atoms with E-state index < -0.39 is 0 Å². The molecule has 1 aromatic rings. The lowest BCUT2D eigenvalue weighted by atomic mass is 10.4. The fourth-order valence-electron chi connectivity index (χ4n) is 1.32. The fraction of sp³-hybridized carbons (Fsp3) is 0.700. The van der Waals surface area contributed by atoms with Crippen molar-refractivity contribution in [3.63, 3.8) is 0 Å². The molecule has 0 aliphatic heterocycles. The van der Waals surface area contributed by atoms with E-state index in [0.29, 0.717) is 12.3 Å². The first-order chi connectivity index (χ1) is 7.97. The van der Waals surface area contributed by atoms with Gasteiger partial charge in [0.15, 0.2) is 5.16 Å². The summed E-state index contributed by atoms with van der Waals surface area (Å²) < 4.78 is 1.97. The summed E-state index contributed by atoms with van der Waals surface area (Å²) in [6, 6.07) is 0.237. The number of amides is 1. The zero-order valence-corrected chi connectivity index (χ0v) is 11.5. The van der Waals surface area contributed by atoms with E-state index in [0.717, 1.165) is 11.0 Å². The molecule has 0 aromatic carbocycles. The molecule has 0 aliphatic rings. The first kappa shape index (κ1) is 14.0. The highest BCUT2D eigenvalue weighted by Crippen LogP contribution is 2.21. The highest BCUT2D eigenvalue weighted by Gasteiger charge is 2.15. The number of carbonyl (C=O) groups is 1. The summed E-state index contributed by atoms with van der Waals surface area (Å²) in [5, 5.41) is 8.83. The summed E-state index contributed by atoms with van der Waals surface area (Å²) >= 11 is 1.39. The van der Waals surface area contributed by atoms with E-state index >= 15 is 0 Å². The highest BCUT2D eigenvalue weighted by molar-refractivity contribution is 7.99. The number of aromatic nitrogens is 3. The Labute approximate surface area is 106 Å². The standard InChI is InChI=1S/C10H19N5OS/c1-7(2)15-8(5-11)12-13-10(15)17-6-9(16)14(3)4/h7H,5-6,11H2,1-4H3. The third-order valence-corrected chi connectivity index (χ3v) is 3.19. The van der Waals surface area contributed by atoms with Crippen LogP contribution >= 0.6 is 11.8 Å². The van der Waals surface area contributed by atoms with Crippen molar-refractivity contribution < 1.29 is 4.79 Å². The second-order valence-electron chi connectivity index (χ2n) is 4.14. The topological polar surface area (TPSA) is 77.0 Å². The van der Waals surface area contributed by atoms with Crippen molar-refractivity contribution >= 4 is 17.7 Å². The molecule has 17 heavy (non-hydrogen) atoms. The van der Waals surface area contributed by atoms with Gasteiger partial charge in [0.2, 0.25) is 5.91 Å². The van der Waals surface area contributed by atoms with Gasteiger partial charge in [-0.15, -0.1) is 10.2 Å². The minimum Gasteiger partial charge on any atom is -0.348 e. The van der Waals surface area contributed by atoms with Crippen LogP contribution in [0.1, 0.15) is 25.7 Å². The number of hydrogen-bond donors (Lipinski definition) is 1. The van der Waals surface area contributed by atoms with Crippen LogP contribution in [0.3, 0.4) is 0 Å². The first-order valence-electron chi connectivity index (χ1n) is 5.44. The highest BCUT2D eigenvalue weighted by atomic mass is 32.2. The Bertz CT molecular complexity index is 388. The van der Waals surface area contributed by atoms with Crippen LogP contribution in [0.2, 0.25) is 0 Å². The maximum absolute atomic E-state index is 11.5. The molecule has 1 rings (SSSR count). The average Bonchev–Trinajstić information content (AvgIpc) is 2.68. The second kappa shape index (κ2) is 6.02. The van der Waals surface area contributed by atoms with Crippen molar-refractivity contribution in [1.29, 1.82) is 0 Å². The van der Waals surface area contributed by atoms with E-state index in [9.17, 15) is 4.79 Å². The van der Waals surface area contributed by atoms with Crippen LogP contribution in [0.25, 0.3) is 0 Å². The lowest BCUT2D eigenvalue weighted by Crippen LogP contribution is -2.23. The van der Waals surface area contributed by atoms with Gasteiger partial charge >= 0.3 is 0 Å². The number of nitrogens with zero attached hydrogens (tertiary/aromatic N) is 4. The van der Waals surface area contributed by atoms with E-state index in [4.69, 9.17) is 5.73 Å². The molecule has 0 saturated carbocycles. The van der Waals surface area contributed by atoms with Crippen LogP contribution in [-0.4, -0.2) is 45.4 Å². The van der Waals surface area contributed by atoms with Gasteiger partial charge in [-0.25, -0.2) is 0 Å². The summed E-state index contributed by atoms with van der Waals surface area (Å²) in [6.07, 6.45) is 0. The number of rotatable bonds is 5. The van der Waals surface area contributed by atoms with Gasteiger partial charge in [0.25, 0.3) is 0 Å². The van der Waals surface area contributed by atoms with Crippen molar-refractivity contribution in [2.45, 2.75) is 31.6 Å². The Balaban J connectivity index is 2.78. The van der Waals surface area contributed by atoms with Crippen molar-refractivity contribution in [3.05, 3.63) is 5.82 Å². The van der Waals surface area contributed by atoms with Crippen molar-refractivity contribution in [1.82, 2.24) is 19.7 Å². The lowest BCUT2D eigenvalue weighted by Gasteiger charge is -2.13. The molecule has 0 atom stereocenters. The molecule has 0 aliphatic carbocycles. The number of hydrogen-bond acceptors (Lipinski definition) is 5. The summed E-state index contributed by atoms with van der Waals surface area (Å²) in [7, 11) is 3.47. The third kappa shape index (κ3) is 3.44. The maximum Gasteiger partial charge on any atom is 0.232 e. The monoisotopic (exact) mass is 257 g/mol. The summed E-state index contributed by atoms with van der Waals surface area (Å²) in [6.45, 7) is 4.44. The molecule has 0 unspecified atom stereocenters. The number of carbonyl (C=O) groups excluding carboxylic acids is 1. The predicted molar refractivity (Wildman–Crippen MR) is 67.7 cm³/mol. The third-order valence-electron chi connectivity index (χ3n) is 2.26. The minimum absolute atomic E-state index is 0.0580. The molecule has 1 amide bonds. The molecule has 1 aromatic heterocycles. The molecule has 2 N–H and O–H groups in total. The van der Waals surface area contributed by atoms with Crippen molar-refractivity contribution in [2.24, 2.45) is 5.73 Å². The van der Waals surface area contributed by atoms with Crippen LogP contribution in [0.5, 0.6) is 0 Å². The van der Waals surface area contributed by atoms with E-state index in [-0.39, 0.29) is 11.9 Å². The summed E-state index contributed by atoms with van der Waals surface area (Å²) in [5.41, 5.74) is 5.60. The van der Waals surface area contributed by atoms with Gasteiger partial charge in [-0.1, -0.05) is 11.8 Å². The van der Waals surface area contributed by atoms with Gasteiger partial charge in [-0.05, 0) is 13.8 Å². The molecule has 0 spiro atoms. The quantitative estimate of drug-likeness (QED) is 0.777. The zero-order valence-electron chi connectivity index (χ0n) is 10.7. The summed E-state index contributed by atoms with van der Waals surface area (Å²) in [4.78, 5) is 13.1. The zero-order chi connectivity index (χ0) is 13.0. The number of nitrogens with two attached hydrogens (primary N) is 1. The van der Waals surface area contributed by atoms with E-state index in [1.165, 1.54) is 11.8 Å². The second-order valence-corrected chi connectivity index (χ2v) is 5.09. The van der Waals surface area contributed by atoms with Crippen LogP contribution < -0.4 is 5.73 Å². The molecule has 0 fully saturated rings. The van der Waals surface area contributed by atoms with E-state index in [1.54, 1.807) is 19.0 Å². The molecule has 0 saturated heterocycles. The largest absolute Gasteiger partial charge is 0.348 e. The molecular weight excluding hydrogens is 238 g/mol. The Morgan fingerprint density at radius 1 is 1.47 bits per heavy atom. The van der Waals surface area contributed by atoms with E-state index in [2.05, 4.69) is 10.2 Å². The van der Waals surface area contributed by atoms with Crippen LogP contribution in [0.15, 0.2) is 5.16 Å². The Morgan fingerprint density at radius 2 is 2.12 bits per heavy atom. The van der Waals surface area contributed by atoms with Crippen molar-refractivity contribution in [3.8, 4) is 0 Å². The summed E-state index contributed by atoms with van der Waals surface area (Å²) in [5.74, 6) is 1.17. The van der Waals surface area contributed by atoms with Crippen LogP contribution in [0, 0.1) is 0 Å². The first-order valence-corrected chi connectivity index (χ1v) is 6.42. The van der Waals surface area contributed by atoms with Gasteiger partial charge < -0.3 is 15.2 Å². The van der Waals surface area contributed by atoms with Gasteiger partial charge in [0.1, 0.15) is 5.82 Å². The SMILES string of the molecule is CC(C)n1c(CN)nnc1SCC(=O)N(C)C. The normalized spacial score (nSPS) is 10.9. The van der Waals surface area contributed by atoms with Gasteiger partial charge in [0, 0.05) is 20.1 Å². The predicted octanol–water partition coefficient (Wildman–Crippen LogP) is 0.498. The molecule has 7 heteroatoms. The van der Waals surface area contributed by atoms with Crippen LogP contribution in [0.4, 0.5) is 0 Å². The van der Waals surface area contributed by atoms with Gasteiger partial charge in [-0.2, -0.15) is 0 Å². The smallest absolute Gasteiger partial charge is 0.232 e. The molecular formula is C10H19N5OS. The van der Waals surface area contributed by atoms with Gasteiger partial charge in [-0.3, -0.25) is 4.79 Å². The average molecular weight is 257 g/mol. The Kier molecular flexibility index (Phi) is 4.95. The fourth-order valence-corrected chi connectivity index (χ4v) is 2.38. The minimum atomic E-state index is 0.0580. The van der Waals surface area contributed by atoms with Crippen molar-refractivity contribution in [2.75, 3.05) is 19.8 Å². The Morgan fingerprint density at radius 3 is 2.59 bits per heavy atom. The molecule has 0 bridgehead atoms. The lowest BCUT2D eigenvalue weighted by molar-refractivity contribution is -0.125. The maximum atomic E-state index is 11.5. The Hall–Kier alpha value is -1.08. The molecule has 6 nitrogen and oxygen atoms in total. The molecule has 0 radical (unpaired) electrons. The molecule has 1 heterocycles. The van der Waals surface area contributed by atoms with E-state index in [1.807, 2.05) is 18.4 Å². The van der Waals surface area contributed by atoms with Gasteiger partial charge in [0.05, 0.1) is 12.3 Å².